The van der Waals surface area contributed by atoms with E-state index in [-0.39, 0.29) is 23.1 Å². The molecule has 1 amide bonds. The first-order valence-corrected chi connectivity index (χ1v) is 5.31. The number of halogens is 3. The maximum absolute atomic E-state index is 12.0. The highest BCUT2D eigenvalue weighted by Crippen LogP contribution is 2.36. The molecule has 0 radical (unpaired) electrons. The number of amides is 1. The van der Waals surface area contributed by atoms with E-state index in [4.69, 9.17) is 5.73 Å². The molecule has 1 aromatic rings. The maximum atomic E-state index is 12.0. The lowest BCUT2D eigenvalue weighted by molar-refractivity contribution is -0.118. The fourth-order valence-corrected chi connectivity index (χ4v) is 1.66. The van der Waals surface area contributed by atoms with Gasteiger partial charge < -0.3 is 5.73 Å². The zero-order valence-corrected chi connectivity index (χ0v) is 9.07. The van der Waals surface area contributed by atoms with Gasteiger partial charge in [0.25, 0.3) is 0 Å². The molecular weight excluding hydrogens is 239 g/mol. The van der Waals surface area contributed by atoms with E-state index in [9.17, 15) is 18.0 Å². The minimum absolute atomic E-state index is 0.135. The molecule has 0 atom stereocenters. The van der Waals surface area contributed by atoms with Crippen LogP contribution in [0.25, 0.3) is 0 Å². The minimum atomic E-state index is -4.27. The summed E-state index contributed by atoms with van der Waals surface area (Å²) < 4.78 is 36.0. The first-order chi connectivity index (χ1) is 7.37. The highest BCUT2D eigenvalue weighted by molar-refractivity contribution is 8.00. The van der Waals surface area contributed by atoms with Gasteiger partial charge in [0.2, 0.25) is 5.91 Å². The molecule has 88 valence electrons. The van der Waals surface area contributed by atoms with Crippen LogP contribution in [0.4, 0.5) is 13.2 Å². The van der Waals surface area contributed by atoms with Crippen LogP contribution < -0.4 is 5.73 Å². The molecule has 2 nitrogen and oxygen atoms in total. The number of carbonyl (C=O) groups is 1. The highest BCUT2D eigenvalue weighted by atomic mass is 32.2. The van der Waals surface area contributed by atoms with E-state index < -0.39 is 11.4 Å². The molecule has 1 rings (SSSR count). The van der Waals surface area contributed by atoms with Crippen LogP contribution >= 0.6 is 11.8 Å². The molecule has 0 spiro atoms. The van der Waals surface area contributed by atoms with E-state index in [1.807, 2.05) is 0 Å². The summed E-state index contributed by atoms with van der Waals surface area (Å²) in [6.45, 7) is 0. The lowest BCUT2D eigenvalue weighted by atomic mass is 10.1. The van der Waals surface area contributed by atoms with Gasteiger partial charge in [-0.15, -0.1) is 0 Å². The predicted molar refractivity (Wildman–Crippen MR) is 55.9 cm³/mol. The van der Waals surface area contributed by atoms with E-state index in [0.717, 1.165) is 5.56 Å². The van der Waals surface area contributed by atoms with Crippen molar-refractivity contribution < 1.29 is 18.0 Å². The van der Waals surface area contributed by atoms with E-state index in [1.54, 1.807) is 12.1 Å². The standard InChI is InChI=1S/C10H10F3NOS/c11-10(12,13)16-8-4-1-7(2-5-8)3-6-9(14)15/h1-2,4-5H,3,6H2,(H2,14,15). The lowest BCUT2D eigenvalue weighted by Gasteiger charge is -2.06. The number of thioether (sulfide) groups is 1. The molecule has 0 saturated heterocycles. The van der Waals surface area contributed by atoms with Gasteiger partial charge in [0.1, 0.15) is 0 Å². The quantitative estimate of drug-likeness (QED) is 0.834. The summed E-state index contributed by atoms with van der Waals surface area (Å²) in [5.74, 6) is -0.422. The van der Waals surface area contributed by atoms with Crippen molar-refractivity contribution in [3.63, 3.8) is 0 Å². The third-order valence-electron chi connectivity index (χ3n) is 1.82. The van der Waals surface area contributed by atoms with Gasteiger partial charge in [0, 0.05) is 11.3 Å². The average Bonchev–Trinajstić information content (AvgIpc) is 2.14. The van der Waals surface area contributed by atoms with E-state index in [2.05, 4.69) is 0 Å². The zero-order chi connectivity index (χ0) is 12.2. The largest absolute Gasteiger partial charge is 0.446 e. The molecule has 0 saturated carbocycles. The van der Waals surface area contributed by atoms with Crippen LogP contribution in [0.1, 0.15) is 12.0 Å². The summed E-state index contributed by atoms with van der Waals surface area (Å²) in [7, 11) is 0. The summed E-state index contributed by atoms with van der Waals surface area (Å²) in [4.78, 5) is 10.6. The fourth-order valence-electron chi connectivity index (χ4n) is 1.13. The van der Waals surface area contributed by atoms with Crippen molar-refractivity contribution in [3.8, 4) is 0 Å². The van der Waals surface area contributed by atoms with Gasteiger partial charge in [0.05, 0.1) is 0 Å². The number of nitrogens with two attached hydrogens (primary N) is 1. The summed E-state index contributed by atoms with van der Waals surface area (Å²) in [5.41, 5.74) is 1.49. The molecule has 0 aliphatic carbocycles. The Kier molecular flexibility index (Phi) is 4.23. The Hall–Kier alpha value is -1.17. The smallest absolute Gasteiger partial charge is 0.370 e. The highest BCUT2D eigenvalue weighted by Gasteiger charge is 2.28. The van der Waals surface area contributed by atoms with Gasteiger partial charge in [-0.2, -0.15) is 13.2 Å². The van der Waals surface area contributed by atoms with Gasteiger partial charge >= 0.3 is 5.51 Å². The van der Waals surface area contributed by atoms with Gasteiger partial charge in [-0.05, 0) is 35.9 Å². The Morgan fingerprint density at radius 2 is 1.81 bits per heavy atom. The third kappa shape index (κ3) is 5.06. The van der Waals surface area contributed by atoms with Gasteiger partial charge in [-0.25, -0.2) is 0 Å². The predicted octanol–water partition coefficient (Wildman–Crippen LogP) is 2.72. The SMILES string of the molecule is NC(=O)CCc1ccc(SC(F)(F)F)cc1. The first kappa shape index (κ1) is 12.9. The summed E-state index contributed by atoms with van der Waals surface area (Å²) >= 11 is -0.158. The van der Waals surface area contributed by atoms with Crippen LogP contribution in [0.2, 0.25) is 0 Å². The summed E-state index contributed by atoms with van der Waals surface area (Å²) in [6.07, 6.45) is 0.651. The van der Waals surface area contributed by atoms with Gasteiger partial charge in [0.15, 0.2) is 0 Å². The Morgan fingerprint density at radius 1 is 1.25 bits per heavy atom. The van der Waals surface area contributed by atoms with Gasteiger partial charge in [-0.1, -0.05) is 12.1 Å². The molecule has 2 N–H and O–H groups in total. The number of rotatable bonds is 4. The molecule has 1 aromatic carbocycles. The van der Waals surface area contributed by atoms with Crippen molar-refractivity contribution in [2.24, 2.45) is 5.73 Å². The molecule has 16 heavy (non-hydrogen) atoms. The number of benzene rings is 1. The molecule has 0 heterocycles. The number of carbonyl (C=O) groups excluding carboxylic acids is 1. The van der Waals surface area contributed by atoms with Crippen LogP contribution in [0.3, 0.4) is 0 Å². The molecule has 0 unspecified atom stereocenters. The average molecular weight is 249 g/mol. The van der Waals surface area contributed by atoms with Crippen LogP contribution in [-0.4, -0.2) is 11.4 Å². The monoisotopic (exact) mass is 249 g/mol. The molecule has 0 bridgehead atoms. The van der Waals surface area contributed by atoms with Crippen LogP contribution in [0.15, 0.2) is 29.2 Å². The normalized spacial score (nSPS) is 11.4. The van der Waals surface area contributed by atoms with Crippen LogP contribution in [-0.2, 0) is 11.2 Å². The minimum Gasteiger partial charge on any atom is -0.370 e. The Bertz CT molecular complexity index is 361. The van der Waals surface area contributed by atoms with Crippen molar-refractivity contribution >= 4 is 17.7 Å². The van der Waals surface area contributed by atoms with E-state index >= 15 is 0 Å². The number of hydrogen-bond acceptors (Lipinski definition) is 2. The summed E-state index contributed by atoms with van der Waals surface area (Å²) in [6, 6.07) is 5.90. The number of primary amides is 1. The van der Waals surface area contributed by atoms with E-state index in [1.165, 1.54) is 12.1 Å². The van der Waals surface area contributed by atoms with Gasteiger partial charge in [-0.3, -0.25) is 4.79 Å². The third-order valence-corrected chi connectivity index (χ3v) is 2.56. The van der Waals surface area contributed by atoms with E-state index in [0.29, 0.717) is 6.42 Å². The van der Waals surface area contributed by atoms with Crippen molar-refractivity contribution in [2.45, 2.75) is 23.2 Å². The van der Waals surface area contributed by atoms with Crippen LogP contribution in [0, 0.1) is 0 Å². The zero-order valence-electron chi connectivity index (χ0n) is 8.25. The Labute approximate surface area is 95.0 Å². The second kappa shape index (κ2) is 5.25. The summed E-state index contributed by atoms with van der Waals surface area (Å²) in [5, 5.41) is 0. The Balaban J connectivity index is 2.57. The molecule has 0 fully saturated rings. The Morgan fingerprint density at radius 3 is 2.25 bits per heavy atom. The first-order valence-electron chi connectivity index (χ1n) is 4.50. The second-order valence-electron chi connectivity index (χ2n) is 3.16. The number of hydrogen-bond donors (Lipinski definition) is 1. The number of aryl methyl sites for hydroxylation is 1. The van der Waals surface area contributed by atoms with Crippen molar-refractivity contribution in [2.75, 3.05) is 0 Å². The van der Waals surface area contributed by atoms with Crippen molar-refractivity contribution in [1.29, 1.82) is 0 Å². The molecule has 0 aromatic heterocycles. The van der Waals surface area contributed by atoms with Crippen molar-refractivity contribution in [3.05, 3.63) is 29.8 Å². The van der Waals surface area contributed by atoms with Crippen LogP contribution in [0.5, 0.6) is 0 Å². The fraction of sp³-hybridized carbons (Fsp3) is 0.300. The number of alkyl halides is 3. The topological polar surface area (TPSA) is 43.1 Å². The molecule has 0 aliphatic rings. The molecule has 0 aliphatic heterocycles. The molecular formula is C10H10F3NOS. The van der Waals surface area contributed by atoms with Crippen molar-refractivity contribution in [1.82, 2.24) is 0 Å². The lowest BCUT2D eigenvalue weighted by Crippen LogP contribution is -2.11. The second-order valence-corrected chi connectivity index (χ2v) is 4.30. The maximum Gasteiger partial charge on any atom is 0.446 e. The molecule has 6 heteroatoms.